The first-order valence-electron chi connectivity index (χ1n) is 5.57. The Morgan fingerprint density at radius 1 is 1.33 bits per heavy atom. The van der Waals surface area contributed by atoms with Crippen LogP contribution in [0.25, 0.3) is 10.9 Å². The van der Waals surface area contributed by atoms with Crippen molar-refractivity contribution in [1.29, 1.82) is 0 Å². The van der Waals surface area contributed by atoms with Crippen LogP contribution < -0.4 is 5.32 Å². The molecule has 0 fully saturated rings. The van der Waals surface area contributed by atoms with Gasteiger partial charge in [0.25, 0.3) is 5.91 Å². The molecule has 0 saturated carbocycles. The lowest BCUT2D eigenvalue weighted by molar-refractivity contribution is 0.0947. The fraction of sp³-hybridized carbons (Fsp3) is 0.0769. The van der Waals surface area contributed by atoms with Crippen LogP contribution in [0.15, 0.2) is 41.1 Å². The van der Waals surface area contributed by atoms with E-state index in [4.69, 9.17) is 0 Å². The third-order valence-corrected chi connectivity index (χ3v) is 3.45. The molecule has 0 bridgehead atoms. The van der Waals surface area contributed by atoms with E-state index in [-0.39, 0.29) is 5.91 Å². The van der Waals surface area contributed by atoms with Crippen molar-refractivity contribution >= 4 is 28.1 Å². The second-order valence-corrected chi connectivity index (χ2v) is 4.71. The lowest BCUT2D eigenvalue weighted by Gasteiger charge is -2.01. The fourth-order valence-corrected chi connectivity index (χ4v) is 2.46. The minimum Gasteiger partial charge on any atom is -0.347 e. The zero-order chi connectivity index (χ0) is 12.4. The number of para-hydroxylation sites is 1. The number of thiophene rings is 1. The Kier molecular flexibility index (Phi) is 2.82. The molecule has 3 rings (SSSR count). The molecule has 18 heavy (non-hydrogen) atoms. The molecule has 5 heteroatoms. The maximum absolute atomic E-state index is 12.0. The lowest BCUT2D eigenvalue weighted by atomic mass is 10.2. The fourth-order valence-electron chi connectivity index (χ4n) is 1.80. The van der Waals surface area contributed by atoms with E-state index in [0.717, 1.165) is 16.5 Å². The van der Waals surface area contributed by atoms with Gasteiger partial charge in [0.2, 0.25) is 0 Å². The van der Waals surface area contributed by atoms with Crippen LogP contribution in [0.3, 0.4) is 0 Å². The molecule has 3 aromatic rings. The number of rotatable bonds is 3. The molecule has 1 aromatic carbocycles. The molecular formula is C13H11N3OS. The Morgan fingerprint density at radius 2 is 2.22 bits per heavy atom. The highest BCUT2D eigenvalue weighted by Crippen LogP contribution is 2.15. The molecule has 2 N–H and O–H groups in total. The van der Waals surface area contributed by atoms with Gasteiger partial charge in [-0.2, -0.15) is 16.4 Å². The number of hydrogen-bond acceptors (Lipinski definition) is 3. The number of carbonyl (C=O) groups excluding carboxylic acids is 1. The smallest absolute Gasteiger partial charge is 0.272 e. The first-order chi connectivity index (χ1) is 8.84. The zero-order valence-corrected chi connectivity index (χ0v) is 10.3. The largest absolute Gasteiger partial charge is 0.347 e. The van der Waals surface area contributed by atoms with Gasteiger partial charge in [0.05, 0.1) is 5.52 Å². The van der Waals surface area contributed by atoms with E-state index in [0.29, 0.717) is 12.2 Å². The maximum atomic E-state index is 12.0. The Balaban J connectivity index is 1.80. The van der Waals surface area contributed by atoms with E-state index in [2.05, 4.69) is 15.5 Å². The van der Waals surface area contributed by atoms with Crippen molar-refractivity contribution in [1.82, 2.24) is 15.5 Å². The lowest BCUT2D eigenvalue weighted by Crippen LogP contribution is -2.23. The van der Waals surface area contributed by atoms with Crippen LogP contribution in [0.4, 0.5) is 0 Å². The highest BCUT2D eigenvalue weighted by Gasteiger charge is 2.13. The summed E-state index contributed by atoms with van der Waals surface area (Å²) in [6.07, 6.45) is 0. The monoisotopic (exact) mass is 257 g/mol. The molecule has 1 amide bonds. The molecule has 0 atom stereocenters. The van der Waals surface area contributed by atoms with Crippen molar-refractivity contribution in [2.24, 2.45) is 0 Å². The van der Waals surface area contributed by atoms with Crippen LogP contribution in [0, 0.1) is 0 Å². The molecule has 2 heterocycles. The average Bonchev–Trinajstić information content (AvgIpc) is 3.05. The molecule has 0 radical (unpaired) electrons. The van der Waals surface area contributed by atoms with E-state index >= 15 is 0 Å². The average molecular weight is 257 g/mol. The first-order valence-corrected chi connectivity index (χ1v) is 6.51. The molecule has 0 saturated heterocycles. The molecule has 2 aromatic heterocycles. The van der Waals surface area contributed by atoms with Gasteiger partial charge in [0.15, 0.2) is 5.69 Å². The van der Waals surface area contributed by atoms with Crippen molar-refractivity contribution in [2.45, 2.75) is 6.54 Å². The number of hydrogen-bond donors (Lipinski definition) is 2. The van der Waals surface area contributed by atoms with Gasteiger partial charge >= 0.3 is 0 Å². The van der Waals surface area contributed by atoms with E-state index in [1.54, 1.807) is 11.3 Å². The molecule has 90 valence electrons. The van der Waals surface area contributed by atoms with Crippen LogP contribution in [0.5, 0.6) is 0 Å². The van der Waals surface area contributed by atoms with Crippen LogP contribution in [-0.2, 0) is 6.54 Å². The summed E-state index contributed by atoms with van der Waals surface area (Å²) in [5.74, 6) is -0.154. The quantitative estimate of drug-likeness (QED) is 0.757. The third kappa shape index (κ3) is 2.00. The number of benzene rings is 1. The first kappa shape index (κ1) is 11.0. The van der Waals surface area contributed by atoms with Crippen molar-refractivity contribution in [2.75, 3.05) is 0 Å². The van der Waals surface area contributed by atoms with Crippen LogP contribution in [-0.4, -0.2) is 16.1 Å². The van der Waals surface area contributed by atoms with Crippen LogP contribution >= 0.6 is 11.3 Å². The summed E-state index contributed by atoms with van der Waals surface area (Å²) in [7, 11) is 0. The number of aromatic amines is 1. The van der Waals surface area contributed by atoms with Crippen molar-refractivity contribution < 1.29 is 4.79 Å². The second-order valence-electron chi connectivity index (χ2n) is 3.93. The summed E-state index contributed by atoms with van der Waals surface area (Å²) >= 11 is 1.62. The van der Waals surface area contributed by atoms with E-state index in [1.807, 2.05) is 41.1 Å². The van der Waals surface area contributed by atoms with Gasteiger partial charge in [-0.15, -0.1) is 0 Å². The van der Waals surface area contributed by atoms with Gasteiger partial charge in [-0.25, -0.2) is 0 Å². The topological polar surface area (TPSA) is 57.8 Å². The molecule has 0 unspecified atom stereocenters. The summed E-state index contributed by atoms with van der Waals surface area (Å²) in [5.41, 5.74) is 2.42. The Bertz CT molecular complexity index is 672. The number of H-pyrrole nitrogens is 1. The van der Waals surface area contributed by atoms with Gasteiger partial charge in [-0.3, -0.25) is 9.89 Å². The minimum absolute atomic E-state index is 0.154. The highest BCUT2D eigenvalue weighted by molar-refractivity contribution is 7.07. The Morgan fingerprint density at radius 3 is 3.06 bits per heavy atom. The van der Waals surface area contributed by atoms with Gasteiger partial charge in [-0.05, 0) is 28.5 Å². The summed E-state index contributed by atoms with van der Waals surface area (Å²) in [6.45, 7) is 0.531. The summed E-state index contributed by atoms with van der Waals surface area (Å²) in [5, 5.41) is 14.6. The van der Waals surface area contributed by atoms with E-state index in [1.165, 1.54) is 0 Å². The van der Waals surface area contributed by atoms with Gasteiger partial charge in [0.1, 0.15) is 0 Å². The number of amides is 1. The number of nitrogens with one attached hydrogen (secondary N) is 2. The number of aromatic nitrogens is 2. The van der Waals surface area contributed by atoms with Crippen molar-refractivity contribution in [3.8, 4) is 0 Å². The normalized spacial score (nSPS) is 10.7. The van der Waals surface area contributed by atoms with Gasteiger partial charge in [0, 0.05) is 11.9 Å². The van der Waals surface area contributed by atoms with Crippen molar-refractivity contribution in [3.05, 3.63) is 52.3 Å². The number of carbonyl (C=O) groups is 1. The maximum Gasteiger partial charge on any atom is 0.272 e. The van der Waals surface area contributed by atoms with Crippen LogP contribution in [0.1, 0.15) is 16.1 Å². The summed E-state index contributed by atoms with van der Waals surface area (Å²) < 4.78 is 0. The Labute approximate surface area is 108 Å². The van der Waals surface area contributed by atoms with Crippen LogP contribution in [0.2, 0.25) is 0 Å². The van der Waals surface area contributed by atoms with Crippen molar-refractivity contribution in [3.63, 3.8) is 0 Å². The number of nitrogens with zero attached hydrogens (tertiary/aromatic N) is 1. The molecule has 0 aliphatic rings. The second kappa shape index (κ2) is 4.62. The third-order valence-electron chi connectivity index (χ3n) is 2.72. The van der Waals surface area contributed by atoms with E-state index < -0.39 is 0 Å². The van der Waals surface area contributed by atoms with Gasteiger partial charge < -0.3 is 5.32 Å². The zero-order valence-electron chi connectivity index (χ0n) is 9.51. The molecular weight excluding hydrogens is 246 g/mol. The predicted octanol–water partition coefficient (Wildman–Crippen LogP) is 2.55. The van der Waals surface area contributed by atoms with Gasteiger partial charge in [-0.1, -0.05) is 18.2 Å². The molecule has 0 aliphatic heterocycles. The number of fused-ring (bicyclic) bond motifs is 1. The SMILES string of the molecule is O=C(NCc1ccsc1)c1n[nH]c2ccccc12. The summed E-state index contributed by atoms with van der Waals surface area (Å²) in [4.78, 5) is 12.0. The summed E-state index contributed by atoms with van der Waals surface area (Å²) in [6, 6.07) is 9.59. The molecule has 0 aliphatic carbocycles. The Hall–Kier alpha value is -2.14. The predicted molar refractivity (Wildman–Crippen MR) is 71.6 cm³/mol. The molecule has 4 nitrogen and oxygen atoms in total. The van der Waals surface area contributed by atoms with E-state index in [9.17, 15) is 4.79 Å². The highest BCUT2D eigenvalue weighted by atomic mass is 32.1. The standard InChI is InChI=1S/C13H11N3OS/c17-13(14-7-9-5-6-18-8-9)12-10-3-1-2-4-11(10)15-16-12/h1-6,8H,7H2,(H,14,17)(H,15,16). The molecule has 0 spiro atoms. The minimum atomic E-state index is -0.154.